The first-order valence-corrected chi connectivity index (χ1v) is 8.60. The minimum Gasteiger partial charge on any atom is -0.309 e. The number of nitrogens with one attached hydrogen (secondary N) is 1. The van der Waals surface area contributed by atoms with Gasteiger partial charge >= 0.3 is 0 Å². The van der Waals surface area contributed by atoms with E-state index in [4.69, 9.17) is 0 Å². The summed E-state index contributed by atoms with van der Waals surface area (Å²) in [6.07, 6.45) is 2.80. The molecule has 1 nitrogen and oxygen atoms in total. The Labute approximate surface area is 112 Å². The molecule has 92 valence electrons. The quantitative estimate of drug-likeness (QED) is 0.897. The topological polar surface area (TPSA) is 12.0 Å². The van der Waals surface area contributed by atoms with Gasteiger partial charge < -0.3 is 5.32 Å². The number of benzene rings is 1. The molecule has 0 aromatic heterocycles. The lowest BCUT2D eigenvalue weighted by Gasteiger charge is -2.23. The molecule has 1 N–H and O–H groups in total. The second-order valence-electron chi connectivity index (χ2n) is 4.87. The standard InChI is InChI=1S/C14H19NS2/c1-2-4-14-12(3-1)13(10-17-14)15-9-11-5-7-16-8-6-11/h1-4,11,13,15H,5-10H2. The van der Waals surface area contributed by atoms with Crippen molar-refractivity contribution in [2.75, 3.05) is 23.8 Å². The van der Waals surface area contributed by atoms with Crippen molar-refractivity contribution in [3.05, 3.63) is 29.8 Å². The van der Waals surface area contributed by atoms with E-state index in [1.807, 2.05) is 11.8 Å². The summed E-state index contributed by atoms with van der Waals surface area (Å²) in [7, 11) is 0. The normalized spacial score (nSPS) is 24.8. The Kier molecular flexibility index (Phi) is 3.99. The summed E-state index contributed by atoms with van der Waals surface area (Å²) in [5.41, 5.74) is 1.52. The number of hydrogen-bond acceptors (Lipinski definition) is 3. The predicted molar refractivity (Wildman–Crippen MR) is 78.0 cm³/mol. The first-order valence-electron chi connectivity index (χ1n) is 6.46. The van der Waals surface area contributed by atoms with Gasteiger partial charge in [-0.25, -0.2) is 0 Å². The van der Waals surface area contributed by atoms with Crippen LogP contribution in [0.3, 0.4) is 0 Å². The van der Waals surface area contributed by atoms with E-state index in [0.717, 1.165) is 5.92 Å². The van der Waals surface area contributed by atoms with Gasteiger partial charge in [0.1, 0.15) is 0 Å². The number of rotatable bonds is 3. The van der Waals surface area contributed by atoms with Crippen molar-refractivity contribution in [3.8, 4) is 0 Å². The maximum absolute atomic E-state index is 3.78. The molecule has 17 heavy (non-hydrogen) atoms. The molecule has 1 saturated heterocycles. The third-order valence-electron chi connectivity index (χ3n) is 3.69. The highest BCUT2D eigenvalue weighted by Gasteiger charge is 2.23. The average molecular weight is 265 g/mol. The second-order valence-corrected chi connectivity index (χ2v) is 7.15. The molecule has 1 aromatic carbocycles. The van der Waals surface area contributed by atoms with Gasteiger partial charge in [0.2, 0.25) is 0 Å². The smallest absolute Gasteiger partial charge is 0.0426 e. The number of hydrogen-bond donors (Lipinski definition) is 1. The van der Waals surface area contributed by atoms with Crippen LogP contribution in [0.5, 0.6) is 0 Å². The average Bonchev–Trinajstić information content (AvgIpc) is 2.81. The summed E-state index contributed by atoms with van der Waals surface area (Å²) in [6, 6.07) is 9.43. The maximum Gasteiger partial charge on any atom is 0.0426 e. The van der Waals surface area contributed by atoms with Crippen LogP contribution in [0, 0.1) is 5.92 Å². The molecular formula is C14H19NS2. The molecular weight excluding hydrogens is 246 g/mol. The predicted octanol–water partition coefficient (Wildman–Crippen LogP) is 3.57. The van der Waals surface area contributed by atoms with Crippen LogP contribution in [0.4, 0.5) is 0 Å². The Hall–Kier alpha value is -0.120. The molecule has 1 fully saturated rings. The molecule has 0 radical (unpaired) electrons. The van der Waals surface area contributed by atoms with Crippen molar-refractivity contribution in [2.45, 2.75) is 23.8 Å². The van der Waals surface area contributed by atoms with E-state index in [-0.39, 0.29) is 0 Å². The Morgan fingerprint density at radius 2 is 2.00 bits per heavy atom. The third kappa shape index (κ3) is 2.83. The fourth-order valence-corrected chi connectivity index (χ4v) is 4.99. The van der Waals surface area contributed by atoms with Crippen LogP contribution >= 0.6 is 23.5 Å². The van der Waals surface area contributed by atoms with Gasteiger partial charge in [-0.3, -0.25) is 0 Å². The molecule has 3 rings (SSSR count). The fourth-order valence-electron chi connectivity index (χ4n) is 2.59. The van der Waals surface area contributed by atoms with E-state index in [9.17, 15) is 0 Å². The Bertz CT molecular complexity index is 374. The minimum absolute atomic E-state index is 0.589. The van der Waals surface area contributed by atoms with Crippen LogP contribution in [0.1, 0.15) is 24.4 Å². The highest BCUT2D eigenvalue weighted by molar-refractivity contribution is 7.99. The maximum atomic E-state index is 3.78. The molecule has 1 unspecified atom stereocenters. The van der Waals surface area contributed by atoms with Crippen LogP contribution in [0.15, 0.2) is 29.2 Å². The summed E-state index contributed by atoms with van der Waals surface area (Å²) in [4.78, 5) is 1.48. The van der Waals surface area contributed by atoms with Crippen molar-refractivity contribution < 1.29 is 0 Å². The zero-order valence-electron chi connectivity index (χ0n) is 10.0. The van der Waals surface area contributed by atoms with Gasteiger partial charge in [-0.15, -0.1) is 11.8 Å². The molecule has 3 heteroatoms. The molecule has 0 saturated carbocycles. The molecule has 0 bridgehead atoms. The van der Waals surface area contributed by atoms with E-state index in [2.05, 4.69) is 41.3 Å². The van der Waals surface area contributed by atoms with Crippen LogP contribution in [-0.2, 0) is 0 Å². The molecule has 2 aliphatic heterocycles. The van der Waals surface area contributed by atoms with Gasteiger partial charge in [0.25, 0.3) is 0 Å². The lowest BCUT2D eigenvalue weighted by atomic mass is 10.0. The van der Waals surface area contributed by atoms with E-state index >= 15 is 0 Å². The van der Waals surface area contributed by atoms with Gasteiger partial charge in [-0.2, -0.15) is 11.8 Å². The van der Waals surface area contributed by atoms with Crippen molar-refractivity contribution in [1.29, 1.82) is 0 Å². The summed E-state index contributed by atoms with van der Waals surface area (Å²) in [5, 5.41) is 3.78. The highest BCUT2D eigenvalue weighted by Crippen LogP contribution is 2.37. The molecule has 0 amide bonds. The monoisotopic (exact) mass is 265 g/mol. The third-order valence-corrected chi connectivity index (χ3v) is 5.93. The zero-order chi connectivity index (χ0) is 11.5. The zero-order valence-corrected chi connectivity index (χ0v) is 11.7. The van der Waals surface area contributed by atoms with E-state index in [1.165, 1.54) is 47.1 Å². The second kappa shape index (κ2) is 5.68. The molecule has 0 spiro atoms. The van der Waals surface area contributed by atoms with Crippen LogP contribution < -0.4 is 5.32 Å². The first kappa shape index (κ1) is 11.9. The SMILES string of the molecule is c1ccc2c(c1)SCC2NCC1CCSCC1. The summed E-state index contributed by atoms with van der Waals surface area (Å²) >= 11 is 4.11. The lowest BCUT2D eigenvalue weighted by molar-refractivity contribution is 0.423. The molecule has 1 aromatic rings. The Balaban J connectivity index is 1.56. The molecule has 2 heterocycles. The van der Waals surface area contributed by atoms with Crippen molar-refractivity contribution >= 4 is 23.5 Å². The van der Waals surface area contributed by atoms with Gasteiger partial charge in [0.15, 0.2) is 0 Å². The highest BCUT2D eigenvalue weighted by atomic mass is 32.2. The van der Waals surface area contributed by atoms with E-state index < -0.39 is 0 Å². The van der Waals surface area contributed by atoms with E-state index in [0.29, 0.717) is 6.04 Å². The van der Waals surface area contributed by atoms with Gasteiger partial charge in [-0.05, 0) is 48.4 Å². The summed E-state index contributed by atoms with van der Waals surface area (Å²) < 4.78 is 0. The minimum atomic E-state index is 0.589. The van der Waals surface area contributed by atoms with Crippen molar-refractivity contribution in [2.24, 2.45) is 5.92 Å². The number of thioether (sulfide) groups is 2. The first-order chi connectivity index (χ1) is 8.43. The largest absolute Gasteiger partial charge is 0.309 e. The molecule has 1 atom stereocenters. The fraction of sp³-hybridized carbons (Fsp3) is 0.571. The molecule has 0 aliphatic carbocycles. The summed E-state index contributed by atoms with van der Waals surface area (Å²) in [5.74, 6) is 4.85. The van der Waals surface area contributed by atoms with Crippen LogP contribution in [-0.4, -0.2) is 23.8 Å². The summed E-state index contributed by atoms with van der Waals surface area (Å²) in [6.45, 7) is 1.21. The van der Waals surface area contributed by atoms with Gasteiger partial charge in [0, 0.05) is 16.7 Å². The van der Waals surface area contributed by atoms with Crippen molar-refractivity contribution in [3.63, 3.8) is 0 Å². The van der Waals surface area contributed by atoms with Crippen molar-refractivity contribution in [1.82, 2.24) is 5.32 Å². The van der Waals surface area contributed by atoms with Gasteiger partial charge in [0.05, 0.1) is 0 Å². The van der Waals surface area contributed by atoms with E-state index in [1.54, 1.807) is 0 Å². The van der Waals surface area contributed by atoms with Crippen LogP contribution in [0.25, 0.3) is 0 Å². The Morgan fingerprint density at radius 3 is 2.88 bits per heavy atom. The molecule has 2 aliphatic rings. The Morgan fingerprint density at radius 1 is 1.18 bits per heavy atom. The number of fused-ring (bicyclic) bond motifs is 1. The lowest BCUT2D eigenvalue weighted by Crippen LogP contribution is -2.29. The van der Waals surface area contributed by atoms with Crippen LogP contribution in [0.2, 0.25) is 0 Å². The van der Waals surface area contributed by atoms with Gasteiger partial charge in [-0.1, -0.05) is 18.2 Å².